The lowest BCUT2D eigenvalue weighted by atomic mass is 10.4. The van der Waals surface area contributed by atoms with Gasteiger partial charge in [-0.3, -0.25) is 4.79 Å². The van der Waals surface area contributed by atoms with Crippen molar-refractivity contribution >= 4 is 16.2 Å². The van der Waals surface area contributed by atoms with Crippen molar-refractivity contribution in [1.82, 2.24) is 9.03 Å². The van der Waals surface area contributed by atoms with Gasteiger partial charge < -0.3 is 5.11 Å². The van der Waals surface area contributed by atoms with E-state index in [9.17, 15) is 22.0 Å². The monoisotopic (exact) mass is 246 g/mol. The maximum atomic E-state index is 11.7. The molecule has 0 bridgehead atoms. The summed E-state index contributed by atoms with van der Waals surface area (Å²) in [5.41, 5.74) is 0. The molecular formula is C6H12F2N2O4S. The van der Waals surface area contributed by atoms with E-state index in [0.29, 0.717) is 4.31 Å². The summed E-state index contributed by atoms with van der Waals surface area (Å²) in [5, 5.41) is 8.28. The summed E-state index contributed by atoms with van der Waals surface area (Å²) in [6, 6.07) is 0. The van der Waals surface area contributed by atoms with Crippen molar-refractivity contribution in [2.24, 2.45) is 0 Å². The Kier molecular flexibility index (Phi) is 5.61. The molecule has 2 N–H and O–H groups in total. The molecule has 0 aromatic heterocycles. The maximum Gasteiger partial charge on any atom is 0.304 e. The van der Waals surface area contributed by atoms with E-state index < -0.39 is 29.1 Å². The van der Waals surface area contributed by atoms with E-state index in [0.717, 1.165) is 7.05 Å². The van der Waals surface area contributed by atoms with E-state index in [-0.39, 0.29) is 13.0 Å². The molecule has 0 saturated heterocycles. The largest absolute Gasteiger partial charge is 0.481 e. The number of carboxylic acids is 1. The molecule has 0 heterocycles. The van der Waals surface area contributed by atoms with E-state index in [1.807, 2.05) is 0 Å². The molecule has 0 amide bonds. The maximum absolute atomic E-state index is 11.7. The zero-order valence-corrected chi connectivity index (χ0v) is 8.80. The van der Waals surface area contributed by atoms with Gasteiger partial charge in [-0.1, -0.05) is 0 Å². The fourth-order valence-corrected chi connectivity index (χ4v) is 1.54. The second-order valence-electron chi connectivity index (χ2n) is 2.71. The average molecular weight is 246 g/mol. The van der Waals surface area contributed by atoms with Gasteiger partial charge in [0, 0.05) is 13.6 Å². The van der Waals surface area contributed by atoms with Crippen molar-refractivity contribution in [1.29, 1.82) is 0 Å². The number of aliphatic carboxylic acids is 1. The summed E-state index contributed by atoms with van der Waals surface area (Å²) >= 11 is 0. The van der Waals surface area contributed by atoms with E-state index in [1.54, 1.807) is 4.72 Å². The molecule has 0 aliphatic heterocycles. The predicted octanol–water partition coefficient (Wildman–Crippen LogP) is -0.508. The fraction of sp³-hybridized carbons (Fsp3) is 0.833. The van der Waals surface area contributed by atoms with Gasteiger partial charge in [-0.2, -0.15) is 17.4 Å². The Morgan fingerprint density at radius 3 is 2.47 bits per heavy atom. The third-order valence-electron chi connectivity index (χ3n) is 1.47. The Labute approximate surface area is 86.1 Å². The first-order chi connectivity index (χ1) is 6.75. The molecule has 90 valence electrons. The Balaban J connectivity index is 4.14. The first-order valence-electron chi connectivity index (χ1n) is 3.96. The number of nitrogens with one attached hydrogen (secondary N) is 1. The van der Waals surface area contributed by atoms with Gasteiger partial charge >= 0.3 is 5.97 Å². The van der Waals surface area contributed by atoms with Crippen molar-refractivity contribution < 1.29 is 27.1 Å². The molecule has 0 aliphatic carbocycles. The Bertz CT molecular complexity index is 306. The number of nitrogens with zero attached hydrogens (tertiary/aromatic N) is 1. The van der Waals surface area contributed by atoms with Crippen molar-refractivity contribution in [3.05, 3.63) is 0 Å². The third-order valence-corrected chi connectivity index (χ3v) is 3.01. The minimum Gasteiger partial charge on any atom is -0.481 e. The fourth-order valence-electron chi connectivity index (χ4n) is 0.652. The van der Waals surface area contributed by atoms with Crippen molar-refractivity contribution in [3.63, 3.8) is 0 Å². The van der Waals surface area contributed by atoms with Gasteiger partial charge in [0.25, 0.3) is 16.6 Å². The van der Waals surface area contributed by atoms with E-state index >= 15 is 0 Å². The molecule has 0 atom stereocenters. The van der Waals surface area contributed by atoms with Crippen LogP contribution in [-0.2, 0) is 15.0 Å². The van der Waals surface area contributed by atoms with Gasteiger partial charge in [-0.15, -0.1) is 0 Å². The molecule has 0 aromatic carbocycles. The first-order valence-corrected chi connectivity index (χ1v) is 5.40. The van der Waals surface area contributed by atoms with Crippen LogP contribution in [0.25, 0.3) is 0 Å². The molecule has 15 heavy (non-hydrogen) atoms. The normalized spacial score (nSPS) is 12.3. The highest BCUT2D eigenvalue weighted by Crippen LogP contribution is 1.97. The SMILES string of the molecule is CN(CCC(=O)O)S(=O)(=O)NCC(F)F. The summed E-state index contributed by atoms with van der Waals surface area (Å²) in [6.07, 6.45) is -3.17. The van der Waals surface area contributed by atoms with Gasteiger partial charge in [0.15, 0.2) is 0 Å². The predicted molar refractivity (Wildman–Crippen MR) is 47.8 cm³/mol. The summed E-state index contributed by atoms with van der Waals surface area (Å²) in [6.45, 7) is -1.26. The molecule has 0 saturated carbocycles. The van der Waals surface area contributed by atoms with Crippen molar-refractivity contribution in [2.45, 2.75) is 12.8 Å². The van der Waals surface area contributed by atoms with Crippen LogP contribution in [0.4, 0.5) is 8.78 Å². The Hall–Kier alpha value is -0.800. The summed E-state index contributed by atoms with van der Waals surface area (Å²) < 4.78 is 48.0. The molecule has 0 rings (SSSR count). The third kappa shape index (κ3) is 6.31. The number of hydrogen-bond acceptors (Lipinski definition) is 3. The van der Waals surface area contributed by atoms with Gasteiger partial charge in [0.1, 0.15) is 0 Å². The minimum absolute atomic E-state index is 0.270. The Morgan fingerprint density at radius 2 is 2.07 bits per heavy atom. The Morgan fingerprint density at radius 1 is 1.53 bits per heavy atom. The van der Waals surface area contributed by atoms with Gasteiger partial charge in [-0.05, 0) is 0 Å². The molecule has 0 aromatic rings. The van der Waals surface area contributed by atoms with Crippen LogP contribution in [-0.4, -0.2) is 50.4 Å². The molecule has 6 nitrogen and oxygen atoms in total. The second kappa shape index (κ2) is 5.93. The van der Waals surface area contributed by atoms with Crippen LogP contribution in [0, 0.1) is 0 Å². The van der Waals surface area contributed by atoms with Crippen LogP contribution >= 0.6 is 0 Å². The lowest BCUT2D eigenvalue weighted by Crippen LogP contribution is -2.41. The molecular weight excluding hydrogens is 234 g/mol. The molecule has 0 fully saturated rings. The zero-order chi connectivity index (χ0) is 12.1. The van der Waals surface area contributed by atoms with Gasteiger partial charge in [0.05, 0.1) is 13.0 Å². The number of carbonyl (C=O) groups is 1. The smallest absolute Gasteiger partial charge is 0.304 e. The highest BCUT2D eigenvalue weighted by Gasteiger charge is 2.19. The van der Waals surface area contributed by atoms with Gasteiger partial charge in [-0.25, -0.2) is 8.78 Å². The summed E-state index contributed by atoms with van der Waals surface area (Å²) in [4.78, 5) is 10.1. The highest BCUT2D eigenvalue weighted by atomic mass is 32.2. The van der Waals surface area contributed by atoms with Crippen molar-refractivity contribution in [3.8, 4) is 0 Å². The average Bonchev–Trinajstić information content (AvgIpc) is 2.11. The number of alkyl halides is 2. The zero-order valence-electron chi connectivity index (χ0n) is 7.98. The standard InChI is InChI=1S/C6H12F2N2O4S/c1-10(3-2-6(11)12)15(13,14)9-4-5(7)8/h5,9H,2-4H2,1H3,(H,11,12). The highest BCUT2D eigenvalue weighted by molar-refractivity contribution is 7.87. The van der Waals surface area contributed by atoms with Crippen LogP contribution in [0.2, 0.25) is 0 Å². The molecule has 0 radical (unpaired) electrons. The number of halogens is 2. The van der Waals surface area contributed by atoms with E-state index in [1.165, 1.54) is 0 Å². The molecule has 0 aliphatic rings. The van der Waals surface area contributed by atoms with Crippen LogP contribution in [0.5, 0.6) is 0 Å². The van der Waals surface area contributed by atoms with Crippen LogP contribution in [0.3, 0.4) is 0 Å². The van der Waals surface area contributed by atoms with E-state index in [2.05, 4.69) is 0 Å². The summed E-state index contributed by atoms with van der Waals surface area (Å²) in [5.74, 6) is -1.16. The quantitative estimate of drug-likeness (QED) is 0.633. The van der Waals surface area contributed by atoms with Crippen molar-refractivity contribution in [2.75, 3.05) is 20.1 Å². The molecule has 0 spiro atoms. The minimum atomic E-state index is -4.01. The van der Waals surface area contributed by atoms with Crippen LogP contribution in [0.1, 0.15) is 6.42 Å². The van der Waals surface area contributed by atoms with Crippen LogP contribution in [0.15, 0.2) is 0 Å². The first kappa shape index (κ1) is 14.2. The lowest BCUT2D eigenvalue weighted by molar-refractivity contribution is -0.137. The number of hydrogen-bond donors (Lipinski definition) is 2. The van der Waals surface area contributed by atoms with E-state index in [4.69, 9.17) is 5.11 Å². The molecule has 9 heteroatoms. The lowest BCUT2D eigenvalue weighted by Gasteiger charge is -2.16. The summed E-state index contributed by atoms with van der Waals surface area (Å²) in [7, 11) is -2.90. The number of carboxylic acid groups (broad SMARTS) is 1. The topological polar surface area (TPSA) is 86.7 Å². The molecule has 0 unspecified atom stereocenters. The number of rotatable bonds is 7. The second-order valence-corrected chi connectivity index (χ2v) is 4.57. The van der Waals surface area contributed by atoms with Crippen LogP contribution < -0.4 is 4.72 Å². The van der Waals surface area contributed by atoms with Gasteiger partial charge in [0.2, 0.25) is 0 Å².